The van der Waals surface area contributed by atoms with Crippen molar-refractivity contribution in [1.82, 2.24) is 4.57 Å². The maximum Gasteiger partial charge on any atom is 0.135 e. The van der Waals surface area contributed by atoms with Crippen LogP contribution < -0.4 is 4.90 Å². The molecule has 3 heterocycles. The first-order valence-corrected chi connectivity index (χ1v) is 17.2. The Morgan fingerprint density at radius 3 is 1.98 bits per heavy atom. The normalized spacial score (nSPS) is 16.8. The van der Waals surface area contributed by atoms with Gasteiger partial charge < -0.3 is 18.3 Å². The number of allylic oxidation sites excluding steroid dienone is 4. The molecule has 9 aromatic rings. The third-order valence-electron chi connectivity index (χ3n) is 10.6. The quantitative estimate of drug-likeness (QED) is 0.192. The van der Waals surface area contributed by atoms with Crippen LogP contribution in [0.5, 0.6) is 0 Å². The van der Waals surface area contributed by atoms with E-state index in [1.165, 1.54) is 27.2 Å². The lowest BCUT2D eigenvalue weighted by molar-refractivity contribution is 0.566. The number of nitrogens with zero attached hydrogens (tertiary/aromatic N) is 2. The fourth-order valence-electron chi connectivity index (χ4n) is 8.40. The number of para-hydroxylation sites is 4. The maximum atomic E-state index is 6.61. The number of benzene rings is 6. The van der Waals surface area contributed by atoms with Crippen LogP contribution in [0, 0.1) is 5.92 Å². The number of aromatic nitrogens is 1. The van der Waals surface area contributed by atoms with Crippen molar-refractivity contribution >= 4 is 72.2 Å². The number of fused-ring (bicyclic) bond motifs is 11. The second-order valence-corrected chi connectivity index (χ2v) is 13.3. The number of furan rings is 2. The molecular weight excluding hydrogens is 613 g/mol. The lowest BCUT2D eigenvalue weighted by atomic mass is 9.76. The Balaban J connectivity index is 1.21. The summed E-state index contributed by atoms with van der Waals surface area (Å²) in [5, 5.41) is 5.85. The van der Waals surface area contributed by atoms with E-state index in [4.69, 9.17) is 8.83 Å². The van der Waals surface area contributed by atoms with Gasteiger partial charge in [-0.25, -0.2) is 0 Å². The molecule has 50 heavy (non-hydrogen) atoms. The second-order valence-electron chi connectivity index (χ2n) is 13.3. The minimum absolute atomic E-state index is 0.0981. The van der Waals surface area contributed by atoms with Crippen LogP contribution in [-0.4, -0.2) is 4.57 Å². The zero-order valence-electron chi connectivity index (χ0n) is 27.0. The Bertz CT molecular complexity index is 2900. The molecule has 4 nitrogen and oxygen atoms in total. The molecule has 2 unspecified atom stereocenters. The van der Waals surface area contributed by atoms with Crippen LogP contribution in [0.3, 0.4) is 0 Å². The van der Waals surface area contributed by atoms with Gasteiger partial charge in [0.15, 0.2) is 0 Å². The summed E-state index contributed by atoms with van der Waals surface area (Å²) in [6.45, 7) is 0. The highest BCUT2D eigenvalue weighted by Crippen LogP contribution is 2.50. The van der Waals surface area contributed by atoms with E-state index in [0.717, 1.165) is 61.6 Å². The number of hydrogen-bond donors (Lipinski definition) is 0. The summed E-state index contributed by atoms with van der Waals surface area (Å²) in [4.78, 5) is 2.44. The van der Waals surface area contributed by atoms with Gasteiger partial charge >= 0.3 is 0 Å². The van der Waals surface area contributed by atoms with Gasteiger partial charge in [0.2, 0.25) is 0 Å². The summed E-state index contributed by atoms with van der Waals surface area (Å²) in [6, 6.07) is 49.6. The highest BCUT2D eigenvalue weighted by molar-refractivity contribution is 6.11. The summed E-state index contributed by atoms with van der Waals surface area (Å²) in [5.74, 6) is 1.15. The Labute approximate surface area is 288 Å². The molecule has 236 valence electrons. The standard InChI is InChI=1S/C46H30N2O2/c1-2-12-29(13-3-1)48-39-19-9-6-14-32(39)34-24-22-31(27-40(34)48)47(30-23-25-44-38(26-30)35-16-7-10-20-42(35)49-44)41-28-45-46(36-17-5-4-15-33(36)41)37-18-8-11-21-43(37)50-45/h1-28,33,36H. The molecule has 0 fully saturated rings. The minimum Gasteiger partial charge on any atom is -0.456 e. The van der Waals surface area contributed by atoms with Crippen LogP contribution in [0.1, 0.15) is 17.2 Å². The van der Waals surface area contributed by atoms with E-state index in [9.17, 15) is 0 Å². The highest BCUT2D eigenvalue weighted by atomic mass is 16.3. The summed E-state index contributed by atoms with van der Waals surface area (Å²) >= 11 is 0. The fraction of sp³-hybridized carbons (Fsp3) is 0.0435. The van der Waals surface area contributed by atoms with Gasteiger partial charge in [0.1, 0.15) is 22.5 Å². The molecule has 2 aliphatic carbocycles. The van der Waals surface area contributed by atoms with Crippen molar-refractivity contribution in [3.05, 3.63) is 181 Å². The van der Waals surface area contributed by atoms with Crippen molar-refractivity contribution in [3.63, 3.8) is 0 Å². The highest BCUT2D eigenvalue weighted by Gasteiger charge is 2.37. The number of hydrogen-bond acceptors (Lipinski definition) is 3. The Kier molecular flexibility index (Phi) is 5.75. The Morgan fingerprint density at radius 1 is 0.480 bits per heavy atom. The molecule has 0 N–H and O–H groups in total. The molecular formula is C46H30N2O2. The molecule has 0 spiro atoms. The lowest BCUT2D eigenvalue weighted by Crippen LogP contribution is -2.28. The molecule has 0 saturated carbocycles. The van der Waals surface area contributed by atoms with Crippen LogP contribution in [0.25, 0.3) is 66.5 Å². The second kappa shape index (κ2) is 10.5. The lowest BCUT2D eigenvalue weighted by Gasteiger charge is -2.37. The maximum absolute atomic E-state index is 6.61. The molecule has 11 rings (SSSR count). The van der Waals surface area contributed by atoms with Gasteiger partial charge in [-0.1, -0.05) is 103 Å². The van der Waals surface area contributed by atoms with E-state index in [1.807, 2.05) is 18.2 Å². The van der Waals surface area contributed by atoms with Gasteiger partial charge in [-0.05, 0) is 60.7 Å². The predicted molar refractivity (Wildman–Crippen MR) is 205 cm³/mol. The average Bonchev–Trinajstić information content (AvgIpc) is 3.84. The first-order valence-electron chi connectivity index (χ1n) is 17.2. The molecule has 3 aromatic heterocycles. The monoisotopic (exact) mass is 642 g/mol. The van der Waals surface area contributed by atoms with E-state index in [-0.39, 0.29) is 11.8 Å². The van der Waals surface area contributed by atoms with Crippen molar-refractivity contribution in [1.29, 1.82) is 0 Å². The number of anilines is 2. The predicted octanol–water partition coefficient (Wildman–Crippen LogP) is 12.4. The van der Waals surface area contributed by atoms with E-state index in [1.54, 1.807) is 0 Å². The van der Waals surface area contributed by atoms with Gasteiger partial charge in [0.05, 0.1) is 11.0 Å². The van der Waals surface area contributed by atoms with Crippen molar-refractivity contribution in [3.8, 4) is 5.69 Å². The summed E-state index contributed by atoms with van der Waals surface area (Å²) in [7, 11) is 0. The van der Waals surface area contributed by atoms with Crippen LogP contribution in [0.2, 0.25) is 0 Å². The molecule has 0 aliphatic heterocycles. The van der Waals surface area contributed by atoms with E-state index in [0.29, 0.717) is 0 Å². The van der Waals surface area contributed by atoms with Gasteiger partial charge in [0.25, 0.3) is 0 Å². The van der Waals surface area contributed by atoms with Crippen molar-refractivity contribution in [2.24, 2.45) is 5.92 Å². The zero-order valence-corrected chi connectivity index (χ0v) is 27.0. The van der Waals surface area contributed by atoms with E-state index in [2.05, 4.69) is 161 Å². The van der Waals surface area contributed by atoms with Gasteiger partial charge in [-0.3, -0.25) is 0 Å². The van der Waals surface area contributed by atoms with Crippen molar-refractivity contribution in [2.45, 2.75) is 5.92 Å². The van der Waals surface area contributed by atoms with Crippen LogP contribution in [-0.2, 0) is 0 Å². The van der Waals surface area contributed by atoms with Gasteiger partial charge in [-0.15, -0.1) is 0 Å². The average molecular weight is 643 g/mol. The summed E-state index contributed by atoms with van der Waals surface area (Å²) < 4.78 is 15.3. The van der Waals surface area contributed by atoms with Gasteiger partial charge in [-0.2, -0.15) is 0 Å². The van der Waals surface area contributed by atoms with Crippen LogP contribution in [0.4, 0.5) is 11.4 Å². The first kappa shape index (κ1) is 27.4. The minimum atomic E-state index is 0.0981. The number of rotatable bonds is 4. The Morgan fingerprint density at radius 2 is 1.12 bits per heavy atom. The van der Waals surface area contributed by atoms with Crippen molar-refractivity contribution in [2.75, 3.05) is 4.90 Å². The molecule has 0 radical (unpaired) electrons. The molecule has 2 aliphatic rings. The Hall–Kier alpha value is -6.52. The first-order chi connectivity index (χ1) is 24.8. The SMILES string of the molecule is C1=CC2C(N(c3ccc4oc5ccccc5c4c3)c3ccc4c5ccccc5n(-c5ccccc5)c4c3)=Cc3oc4ccccc4c3C2C=C1. The van der Waals surface area contributed by atoms with Crippen molar-refractivity contribution < 1.29 is 8.83 Å². The van der Waals surface area contributed by atoms with Gasteiger partial charge in [0, 0.05) is 73.2 Å². The third-order valence-corrected chi connectivity index (χ3v) is 10.6. The summed E-state index contributed by atoms with van der Waals surface area (Å²) in [6.07, 6.45) is 11.3. The topological polar surface area (TPSA) is 34.5 Å². The molecule has 2 atom stereocenters. The van der Waals surface area contributed by atoms with Crippen LogP contribution >= 0.6 is 0 Å². The van der Waals surface area contributed by atoms with Crippen LogP contribution in [0.15, 0.2) is 178 Å². The van der Waals surface area contributed by atoms with E-state index >= 15 is 0 Å². The molecule has 0 amide bonds. The molecule has 6 aromatic carbocycles. The molecule has 0 bridgehead atoms. The molecule has 0 saturated heterocycles. The third kappa shape index (κ3) is 3.93. The zero-order chi connectivity index (χ0) is 32.8. The summed E-state index contributed by atoms with van der Waals surface area (Å²) in [5.41, 5.74) is 10.7. The fourth-order valence-corrected chi connectivity index (χ4v) is 8.40. The molecule has 4 heteroatoms. The van der Waals surface area contributed by atoms with E-state index < -0.39 is 0 Å². The largest absolute Gasteiger partial charge is 0.456 e. The smallest absolute Gasteiger partial charge is 0.135 e.